The molecular weight excluding hydrogens is 269 g/mol. The first-order valence-electron chi connectivity index (χ1n) is 6.75. The van der Waals surface area contributed by atoms with Crippen LogP contribution in [0.4, 0.5) is 10.1 Å². The fraction of sp³-hybridized carbons (Fsp3) is 0.235. The minimum absolute atomic E-state index is 0.0613. The number of anilines is 1. The largest absolute Gasteiger partial charge is 0.478 e. The van der Waals surface area contributed by atoms with Crippen LogP contribution < -0.4 is 5.32 Å². The topological polar surface area (TPSA) is 49.3 Å². The quantitative estimate of drug-likeness (QED) is 0.880. The Kier molecular flexibility index (Phi) is 4.26. The minimum Gasteiger partial charge on any atom is -0.478 e. The molecule has 0 saturated heterocycles. The molecule has 0 aliphatic heterocycles. The summed E-state index contributed by atoms with van der Waals surface area (Å²) < 4.78 is 13.8. The van der Waals surface area contributed by atoms with E-state index in [-0.39, 0.29) is 17.3 Å². The molecule has 0 aliphatic carbocycles. The lowest BCUT2D eigenvalue weighted by molar-refractivity contribution is 0.0697. The number of benzene rings is 2. The van der Waals surface area contributed by atoms with Gasteiger partial charge in [0.25, 0.3) is 0 Å². The Morgan fingerprint density at radius 1 is 1.14 bits per heavy atom. The van der Waals surface area contributed by atoms with E-state index in [9.17, 15) is 9.18 Å². The molecule has 0 aromatic heterocycles. The second kappa shape index (κ2) is 5.95. The first-order valence-corrected chi connectivity index (χ1v) is 6.75. The van der Waals surface area contributed by atoms with Gasteiger partial charge in [-0.1, -0.05) is 18.2 Å². The number of aryl methyl sites for hydroxylation is 2. The third-order valence-electron chi connectivity index (χ3n) is 3.62. The highest BCUT2D eigenvalue weighted by molar-refractivity contribution is 5.88. The van der Waals surface area contributed by atoms with Crippen molar-refractivity contribution in [1.82, 2.24) is 0 Å². The summed E-state index contributed by atoms with van der Waals surface area (Å²) in [5.41, 5.74) is 3.65. The number of carbonyl (C=O) groups is 1. The van der Waals surface area contributed by atoms with Crippen LogP contribution >= 0.6 is 0 Å². The lowest BCUT2D eigenvalue weighted by Crippen LogP contribution is -2.09. The number of halogens is 1. The molecule has 3 nitrogen and oxygen atoms in total. The fourth-order valence-corrected chi connectivity index (χ4v) is 2.12. The highest BCUT2D eigenvalue weighted by Crippen LogP contribution is 2.24. The number of carboxylic acids is 1. The molecule has 4 heteroatoms. The third kappa shape index (κ3) is 3.40. The van der Waals surface area contributed by atoms with Crippen LogP contribution in [0.3, 0.4) is 0 Å². The van der Waals surface area contributed by atoms with Crippen molar-refractivity contribution in [3.63, 3.8) is 0 Å². The van der Waals surface area contributed by atoms with Crippen LogP contribution in [0.5, 0.6) is 0 Å². The molecule has 2 aromatic rings. The molecule has 0 fully saturated rings. The predicted octanol–water partition coefficient (Wildman–Crippen LogP) is 4.31. The van der Waals surface area contributed by atoms with Gasteiger partial charge in [0, 0.05) is 6.04 Å². The van der Waals surface area contributed by atoms with E-state index < -0.39 is 11.8 Å². The van der Waals surface area contributed by atoms with E-state index in [1.54, 1.807) is 0 Å². The Morgan fingerprint density at radius 3 is 2.48 bits per heavy atom. The van der Waals surface area contributed by atoms with Gasteiger partial charge in [-0.25, -0.2) is 9.18 Å². The van der Waals surface area contributed by atoms with E-state index in [0.717, 1.165) is 5.56 Å². The second-order valence-electron chi connectivity index (χ2n) is 5.21. The molecular formula is C17H18FNO2. The van der Waals surface area contributed by atoms with Crippen molar-refractivity contribution in [2.24, 2.45) is 0 Å². The number of nitrogens with one attached hydrogen (secondary N) is 1. The standard InChI is InChI=1S/C17H18FNO2/c1-10-4-5-13(8-11(10)2)12(3)19-16-9-14(17(20)21)6-7-15(16)18/h4-9,12,19H,1-3H3,(H,20,21). The number of carboxylic acid groups (broad SMARTS) is 1. The zero-order valence-electron chi connectivity index (χ0n) is 12.3. The van der Waals surface area contributed by atoms with E-state index in [0.29, 0.717) is 0 Å². The molecule has 21 heavy (non-hydrogen) atoms. The zero-order chi connectivity index (χ0) is 15.6. The van der Waals surface area contributed by atoms with Gasteiger partial charge in [-0.2, -0.15) is 0 Å². The molecule has 0 spiro atoms. The summed E-state index contributed by atoms with van der Waals surface area (Å²) in [6.45, 7) is 5.97. The summed E-state index contributed by atoms with van der Waals surface area (Å²) in [6, 6.07) is 9.66. The summed E-state index contributed by atoms with van der Waals surface area (Å²) in [4.78, 5) is 11.0. The van der Waals surface area contributed by atoms with Crippen LogP contribution in [0.2, 0.25) is 0 Å². The summed E-state index contributed by atoms with van der Waals surface area (Å²) >= 11 is 0. The van der Waals surface area contributed by atoms with Gasteiger partial charge in [-0.3, -0.25) is 0 Å². The first kappa shape index (κ1) is 15.0. The highest BCUT2D eigenvalue weighted by Gasteiger charge is 2.12. The maximum atomic E-state index is 13.8. The van der Waals surface area contributed by atoms with Crippen LogP contribution in [-0.2, 0) is 0 Å². The molecule has 2 aromatic carbocycles. The lowest BCUT2D eigenvalue weighted by Gasteiger charge is -2.17. The van der Waals surface area contributed by atoms with Crippen molar-refractivity contribution in [2.45, 2.75) is 26.8 Å². The highest BCUT2D eigenvalue weighted by atomic mass is 19.1. The summed E-state index contributed by atoms with van der Waals surface area (Å²) in [5, 5.41) is 12.0. The van der Waals surface area contributed by atoms with Crippen molar-refractivity contribution < 1.29 is 14.3 Å². The van der Waals surface area contributed by atoms with E-state index in [2.05, 4.69) is 5.32 Å². The van der Waals surface area contributed by atoms with Gasteiger partial charge in [-0.15, -0.1) is 0 Å². The minimum atomic E-state index is -1.07. The Hall–Kier alpha value is -2.36. The smallest absolute Gasteiger partial charge is 0.335 e. The molecule has 2 N–H and O–H groups in total. The molecule has 0 saturated carbocycles. The average molecular weight is 287 g/mol. The first-order chi connectivity index (χ1) is 9.88. The van der Waals surface area contributed by atoms with Crippen LogP contribution in [0, 0.1) is 19.7 Å². The maximum Gasteiger partial charge on any atom is 0.335 e. The average Bonchev–Trinajstić information content (AvgIpc) is 2.43. The number of aromatic carboxylic acids is 1. The van der Waals surface area contributed by atoms with Gasteiger partial charge in [-0.05, 0) is 55.7 Å². The summed E-state index contributed by atoms with van der Waals surface area (Å²) in [7, 11) is 0. The van der Waals surface area contributed by atoms with E-state index >= 15 is 0 Å². The van der Waals surface area contributed by atoms with Crippen molar-refractivity contribution in [3.05, 3.63) is 64.5 Å². The van der Waals surface area contributed by atoms with Gasteiger partial charge in [0.05, 0.1) is 11.3 Å². The Labute approximate surface area is 123 Å². The van der Waals surface area contributed by atoms with Gasteiger partial charge in [0.2, 0.25) is 0 Å². The molecule has 0 bridgehead atoms. The van der Waals surface area contributed by atoms with Crippen LogP contribution in [0.15, 0.2) is 36.4 Å². The molecule has 1 unspecified atom stereocenters. The lowest BCUT2D eigenvalue weighted by atomic mass is 10.0. The van der Waals surface area contributed by atoms with E-state index in [4.69, 9.17) is 5.11 Å². The van der Waals surface area contributed by atoms with Crippen molar-refractivity contribution in [1.29, 1.82) is 0 Å². The molecule has 0 heterocycles. The molecule has 2 rings (SSSR count). The Bertz CT molecular complexity index is 682. The number of rotatable bonds is 4. The molecule has 0 aliphatic rings. The molecule has 0 radical (unpaired) electrons. The zero-order valence-corrected chi connectivity index (χ0v) is 12.3. The van der Waals surface area contributed by atoms with E-state index in [1.807, 2.05) is 39.0 Å². The van der Waals surface area contributed by atoms with Gasteiger partial charge in [0.15, 0.2) is 0 Å². The monoisotopic (exact) mass is 287 g/mol. The Morgan fingerprint density at radius 2 is 1.86 bits per heavy atom. The summed E-state index contributed by atoms with van der Waals surface area (Å²) in [6.07, 6.45) is 0. The summed E-state index contributed by atoms with van der Waals surface area (Å²) in [5.74, 6) is -1.53. The SMILES string of the molecule is Cc1ccc(C(C)Nc2cc(C(=O)O)ccc2F)cc1C. The van der Waals surface area contributed by atoms with Crippen molar-refractivity contribution >= 4 is 11.7 Å². The second-order valence-corrected chi connectivity index (χ2v) is 5.21. The van der Waals surface area contributed by atoms with Crippen molar-refractivity contribution in [3.8, 4) is 0 Å². The normalized spacial score (nSPS) is 12.0. The fourth-order valence-electron chi connectivity index (χ4n) is 2.12. The molecule has 110 valence electrons. The number of hydrogen-bond acceptors (Lipinski definition) is 2. The van der Waals surface area contributed by atoms with Crippen LogP contribution in [0.25, 0.3) is 0 Å². The van der Waals surface area contributed by atoms with E-state index in [1.165, 1.54) is 29.3 Å². The number of hydrogen-bond donors (Lipinski definition) is 2. The predicted molar refractivity (Wildman–Crippen MR) is 81.3 cm³/mol. The van der Waals surface area contributed by atoms with Crippen molar-refractivity contribution in [2.75, 3.05) is 5.32 Å². The third-order valence-corrected chi connectivity index (χ3v) is 3.62. The molecule has 0 amide bonds. The van der Waals surface area contributed by atoms with Crippen LogP contribution in [0.1, 0.15) is 40.0 Å². The molecule has 1 atom stereocenters. The van der Waals surface area contributed by atoms with Gasteiger partial charge in [0.1, 0.15) is 5.82 Å². The van der Waals surface area contributed by atoms with Crippen LogP contribution in [-0.4, -0.2) is 11.1 Å². The van der Waals surface area contributed by atoms with Gasteiger partial charge < -0.3 is 10.4 Å². The van der Waals surface area contributed by atoms with Gasteiger partial charge >= 0.3 is 5.97 Å². The maximum absolute atomic E-state index is 13.8. The Balaban J connectivity index is 2.26.